The molecule has 3 aliphatic carbocycles. The molecule has 1 heteroatoms. The largest absolute Gasteiger partial charge is 0.330 e. The molecule has 3 fully saturated rings. The van der Waals surface area contributed by atoms with Gasteiger partial charge in [0.15, 0.2) is 0 Å². The van der Waals surface area contributed by atoms with Crippen LogP contribution in [0, 0.1) is 29.6 Å². The minimum atomic E-state index is 0.879. The zero-order valence-electron chi connectivity index (χ0n) is 9.83. The van der Waals surface area contributed by atoms with E-state index in [0.717, 1.165) is 36.1 Å². The molecule has 1 nitrogen and oxygen atoms in total. The van der Waals surface area contributed by atoms with E-state index >= 15 is 0 Å². The van der Waals surface area contributed by atoms with Crippen LogP contribution >= 0.6 is 0 Å². The standard InChI is InChI=1S/C14H25N/c15-9-13-3-1-2-11(13)8-14-7-10-4-5-12(14)6-10/h10-14H,1-9,15H2. The smallest absolute Gasteiger partial charge is 0.00462 e. The third kappa shape index (κ3) is 1.84. The molecular formula is C14H25N. The quantitative estimate of drug-likeness (QED) is 0.755. The highest BCUT2D eigenvalue weighted by molar-refractivity contribution is 4.92. The molecule has 2 N–H and O–H groups in total. The molecule has 86 valence electrons. The van der Waals surface area contributed by atoms with Gasteiger partial charge in [-0.2, -0.15) is 0 Å². The van der Waals surface area contributed by atoms with Gasteiger partial charge in [-0.15, -0.1) is 0 Å². The van der Waals surface area contributed by atoms with E-state index in [4.69, 9.17) is 5.73 Å². The lowest BCUT2D eigenvalue weighted by Gasteiger charge is -2.27. The summed E-state index contributed by atoms with van der Waals surface area (Å²) in [7, 11) is 0. The molecule has 0 aromatic heterocycles. The minimum Gasteiger partial charge on any atom is -0.330 e. The van der Waals surface area contributed by atoms with Gasteiger partial charge in [-0.1, -0.05) is 19.3 Å². The minimum absolute atomic E-state index is 0.879. The molecule has 0 amide bonds. The molecule has 0 aromatic rings. The summed E-state index contributed by atoms with van der Waals surface area (Å²) in [6.45, 7) is 0.950. The summed E-state index contributed by atoms with van der Waals surface area (Å²) in [5.41, 5.74) is 5.87. The van der Waals surface area contributed by atoms with Gasteiger partial charge in [0.25, 0.3) is 0 Å². The van der Waals surface area contributed by atoms with Crippen LogP contribution in [0.4, 0.5) is 0 Å². The van der Waals surface area contributed by atoms with Gasteiger partial charge in [-0.3, -0.25) is 0 Å². The molecule has 5 atom stereocenters. The Labute approximate surface area is 93.8 Å². The molecule has 3 rings (SSSR count). The Morgan fingerprint density at radius 3 is 2.40 bits per heavy atom. The summed E-state index contributed by atoms with van der Waals surface area (Å²) in [4.78, 5) is 0. The average Bonchev–Trinajstić information content (AvgIpc) is 2.92. The summed E-state index contributed by atoms with van der Waals surface area (Å²) in [5.74, 6) is 5.22. The van der Waals surface area contributed by atoms with Gasteiger partial charge in [-0.25, -0.2) is 0 Å². The summed E-state index contributed by atoms with van der Waals surface area (Å²) >= 11 is 0. The normalized spacial score (nSPS) is 49.0. The van der Waals surface area contributed by atoms with Gasteiger partial charge in [0.05, 0.1) is 0 Å². The fourth-order valence-corrected chi connectivity index (χ4v) is 4.79. The Balaban J connectivity index is 1.56. The van der Waals surface area contributed by atoms with Crippen molar-refractivity contribution in [3.8, 4) is 0 Å². The van der Waals surface area contributed by atoms with E-state index in [9.17, 15) is 0 Å². The van der Waals surface area contributed by atoms with Gasteiger partial charge >= 0.3 is 0 Å². The molecule has 0 spiro atoms. The molecule has 5 unspecified atom stereocenters. The Morgan fingerprint density at radius 2 is 1.73 bits per heavy atom. The topological polar surface area (TPSA) is 26.0 Å². The molecule has 0 saturated heterocycles. The Morgan fingerprint density at radius 1 is 0.867 bits per heavy atom. The van der Waals surface area contributed by atoms with E-state index in [1.54, 1.807) is 25.7 Å². The van der Waals surface area contributed by atoms with Crippen LogP contribution in [0.25, 0.3) is 0 Å². The van der Waals surface area contributed by atoms with Crippen LogP contribution in [0.3, 0.4) is 0 Å². The van der Waals surface area contributed by atoms with Crippen molar-refractivity contribution >= 4 is 0 Å². The zero-order valence-corrected chi connectivity index (χ0v) is 9.83. The summed E-state index contributed by atoms with van der Waals surface area (Å²) in [6, 6.07) is 0. The van der Waals surface area contributed by atoms with Gasteiger partial charge in [0.2, 0.25) is 0 Å². The van der Waals surface area contributed by atoms with E-state index in [0.29, 0.717) is 0 Å². The highest BCUT2D eigenvalue weighted by Crippen LogP contribution is 2.52. The summed E-state index contributed by atoms with van der Waals surface area (Å²) < 4.78 is 0. The maximum atomic E-state index is 5.87. The van der Waals surface area contributed by atoms with Crippen molar-refractivity contribution in [3.05, 3.63) is 0 Å². The van der Waals surface area contributed by atoms with Crippen LogP contribution in [0.1, 0.15) is 51.4 Å². The van der Waals surface area contributed by atoms with Crippen LogP contribution in [-0.2, 0) is 0 Å². The average molecular weight is 207 g/mol. The maximum absolute atomic E-state index is 5.87. The number of rotatable bonds is 3. The van der Waals surface area contributed by atoms with Gasteiger partial charge in [0.1, 0.15) is 0 Å². The molecule has 3 aliphatic rings. The number of fused-ring (bicyclic) bond motifs is 2. The molecule has 0 aromatic carbocycles. The lowest BCUT2D eigenvalue weighted by Crippen LogP contribution is -2.22. The molecule has 0 radical (unpaired) electrons. The van der Waals surface area contributed by atoms with E-state index < -0.39 is 0 Å². The van der Waals surface area contributed by atoms with Crippen LogP contribution in [-0.4, -0.2) is 6.54 Å². The Hall–Kier alpha value is -0.0400. The van der Waals surface area contributed by atoms with Crippen molar-refractivity contribution < 1.29 is 0 Å². The summed E-state index contributed by atoms with van der Waals surface area (Å²) in [5, 5.41) is 0. The van der Waals surface area contributed by atoms with E-state index in [1.165, 1.54) is 25.7 Å². The lowest BCUT2D eigenvalue weighted by atomic mass is 9.79. The van der Waals surface area contributed by atoms with Crippen LogP contribution in [0.15, 0.2) is 0 Å². The molecule has 0 heterocycles. The first-order valence-electron chi connectivity index (χ1n) is 7.07. The molecule has 0 aliphatic heterocycles. The SMILES string of the molecule is NCC1CCCC1CC1CC2CCC1C2. The van der Waals surface area contributed by atoms with Gasteiger partial charge in [0, 0.05) is 0 Å². The van der Waals surface area contributed by atoms with Crippen LogP contribution < -0.4 is 5.73 Å². The third-order valence-electron chi connectivity index (χ3n) is 5.61. The van der Waals surface area contributed by atoms with E-state index in [1.807, 2.05) is 0 Å². The predicted molar refractivity (Wildman–Crippen MR) is 63.4 cm³/mol. The summed E-state index contributed by atoms with van der Waals surface area (Å²) in [6.07, 6.45) is 12.1. The first-order chi connectivity index (χ1) is 7.36. The van der Waals surface area contributed by atoms with Crippen molar-refractivity contribution in [2.45, 2.75) is 51.4 Å². The highest BCUT2D eigenvalue weighted by atomic mass is 14.6. The van der Waals surface area contributed by atoms with Crippen molar-refractivity contribution in [1.29, 1.82) is 0 Å². The predicted octanol–water partition coefficient (Wildman–Crippen LogP) is 3.19. The highest BCUT2D eigenvalue weighted by Gasteiger charge is 2.41. The van der Waals surface area contributed by atoms with Crippen LogP contribution in [0.2, 0.25) is 0 Å². The molecular weight excluding hydrogens is 182 g/mol. The Kier molecular flexibility index (Phi) is 2.76. The maximum Gasteiger partial charge on any atom is -0.00462 e. The van der Waals surface area contributed by atoms with E-state index in [-0.39, 0.29) is 0 Å². The van der Waals surface area contributed by atoms with Crippen molar-refractivity contribution in [2.75, 3.05) is 6.54 Å². The fraction of sp³-hybridized carbons (Fsp3) is 1.00. The number of nitrogens with two attached hydrogens (primary N) is 1. The monoisotopic (exact) mass is 207 g/mol. The van der Waals surface area contributed by atoms with Crippen molar-refractivity contribution in [3.63, 3.8) is 0 Å². The first kappa shape index (κ1) is 10.1. The van der Waals surface area contributed by atoms with Crippen molar-refractivity contribution in [2.24, 2.45) is 35.3 Å². The fourth-order valence-electron chi connectivity index (χ4n) is 4.79. The number of hydrogen-bond acceptors (Lipinski definition) is 1. The Bertz CT molecular complexity index is 221. The second-order valence-corrected chi connectivity index (χ2v) is 6.36. The molecule has 2 bridgehead atoms. The number of hydrogen-bond donors (Lipinski definition) is 1. The van der Waals surface area contributed by atoms with Crippen molar-refractivity contribution in [1.82, 2.24) is 0 Å². The molecule has 15 heavy (non-hydrogen) atoms. The first-order valence-corrected chi connectivity index (χ1v) is 7.07. The zero-order chi connectivity index (χ0) is 10.3. The van der Waals surface area contributed by atoms with Gasteiger partial charge in [-0.05, 0) is 68.2 Å². The second-order valence-electron chi connectivity index (χ2n) is 6.36. The molecule has 3 saturated carbocycles. The van der Waals surface area contributed by atoms with Gasteiger partial charge < -0.3 is 5.73 Å². The van der Waals surface area contributed by atoms with Crippen LogP contribution in [0.5, 0.6) is 0 Å². The van der Waals surface area contributed by atoms with E-state index in [2.05, 4.69) is 0 Å². The second kappa shape index (κ2) is 4.08. The third-order valence-corrected chi connectivity index (χ3v) is 5.61. The lowest BCUT2D eigenvalue weighted by molar-refractivity contribution is 0.238.